The van der Waals surface area contributed by atoms with E-state index in [1.54, 1.807) is 11.3 Å². The maximum Gasteiger partial charge on any atom is 0.231 e. The van der Waals surface area contributed by atoms with E-state index in [1.807, 2.05) is 13.8 Å². The topological polar surface area (TPSA) is 68.0 Å². The van der Waals surface area contributed by atoms with Crippen molar-refractivity contribution in [3.05, 3.63) is 15.6 Å². The molecular weight excluding hydrogens is 186 g/mol. The van der Waals surface area contributed by atoms with Crippen LogP contribution in [-0.2, 0) is 11.3 Å². The van der Waals surface area contributed by atoms with Gasteiger partial charge < -0.3 is 11.1 Å². The molecule has 1 aromatic rings. The fraction of sp³-hybridized carbons (Fsp3) is 0.500. The first-order valence-electron chi connectivity index (χ1n) is 4.01. The molecule has 1 heterocycles. The molecule has 0 aliphatic rings. The van der Waals surface area contributed by atoms with Crippen LogP contribution in [0.15, 0.2) is 0 Å². The van der Waals surface area contributed by atoms with Gasteiger partial charge in [0.15, 0.2) is 0 Å². The molecule has 0 fully saturated rings. The van der Waals surface area contributed by atoms with Crippen LogP contribution in [0.4, 0.5) is 0 Å². The minimum atomic E-state index is -0.334. The SMILES string of the molecule is Cc1nc(C)c(CNCC(N)=O)s1. The van der Waals surface area contributed by atoms with E-state index in [0.717, 1.165) is 10.7 Å². The van der Waals surface area contributed by atoms with Crippen molar-refractivity contribution in [2.45, 2.75) is 20.4 Å². The molecule has 1 aromatic heterocycles. The summed E-state index contributed by atoms with van der Waals surface area (Å²) in [6.07, 6.45) is 0. The highest BCUT2D eigenvalue weighted by Crippen LogP contribution is 2.16. The van der Waals surface area contributed by atoms with Crippen molar-refractivity contribution in [3.8, 4) is 0 Å². The van der Waals surface area contributed by atoms with E-state index in [-0.39, 0.29) is 12.5 Å². The first kappa shape index (κ1) is 10.1. The van der Waals surface area contributed by atoms with E-state index in [1.165, 1.54) is 4.88 Å². The number of carbonyl (C=O) groups is 1. The molecule has 4 nitrogen and oxygen atoms in total. The second kappa shape index (κ2) is 4.34. The van der Waals surface area contributed by atoms with E-state index in [4.69, 9.17) is 5.73 Å². The summed E-state index contributed by atoms with van der Waals surface area (Å²) in [5.74, 6) is -0.334. The van der Waals surface area contributed by atoms with Gasteiger partial charge in [-0.15, -0.1) is 11.3 Å². The first-order chi connectivity index (χ1) is 6.09. The van der Waals surface area contributed by atoms with Crippen molar-refractivity contribution < 1.29 is 4.79 Å². The Kier molecular flexibility index (Phi) is 3.39. The van der Waals surface area contributed by atoms with E-state index >= 15 is 0 Å². The summed E-state index contributed by atoms with van der Waals surface area (Å²) in [6.45, 7) is 4.82. The van der Waals surface area contributed by atoms with Crippen LogP contribution < -0.4 is 11.1 Å². The van der Waals surface area contributed by atoms with Gasteiger partial charge in [-0.2, -0.15) is 0 Å². The lowest BCUT2D eigenvalue weighted by molar-refractivity contribution is -0.117. The van der Waals surface area contributed by atoms with Gasteiger partial charge in [0.25, 0.3) is 0 Å². The van der Waals surface area contributed by atoms with Crippen molar-refractivity contribution >= 4 is 17.2 Å². The molecule has 0 spiro atoms. The Labute approximate surface area is 81.2 Å². The van der Waals surface area contributed by atoms with Crippen LogP contribution in [0.3, 0.4) is 0 Å². The zero-order valence-electron chi connectivity index (χ0n) is 7.76. The third-order valence-corrected chi connectivity index (χ3v) is 2.66. The molecule has 0 atom stereocenters. The number of hydrogen-bond donors (Lipinski definition) is 2. The number of amides is 1. The molecule has 13 heavy (non-hydrogen) atoms. The largest absolute Gasteiger partial charge is 0.369 e. The van der Waals surface area contributed by atoms with Gasteiger partial charge in [0.05, 0.1) is 17.2 Å². The second-order valence-corrected chi connectivity index (χ2v) is 4.10. The molecule has 72 valence electrons. The molecule has 1 rings (SSSR count). The van der Waals surface area contributed by atoms with Crippen LogP contribution in [-0.4, -0.2) is 17.4 Å². The zero-order valence-corrected chi connectivity index (χ0v) is 8.57. The van der Waals surface area contributed by atoms with E-state index in [2.05, 4.69) is 10.3 Å². The molecule has 0 aliphatic heterocycles. The lowest BCUT2D eigenvalue weighted by Gasteiger charge is -1.99. The average molecular weight is 199 g/mol. The summed E-state index contributed by atoms with van der Waals surface area (Å²) in [6, 6.07) is 0. The van der Waals surface area contributed by atoms with Crippen LogP contribution in [0.2, 0.25) is 0 Å². The summed E-state index contributed by atoms with van der Waals surface area (Å²) in [7, 11) is 0. The zero-order chi connectivity index (χ0) is 9.84. The molecule has 0 saturated carbocycles. The molecule has 0 bridgehead atoms. The van der Waals surface area contributed by atoms with Gasteiger partial charge in [0.1, 0.15) is 0 Å². The van der Waals surface area contributed by atoms with Gasteiger partial charge in [0, 0.05) is 11.4 Å². The molecule has 0 aromatic carbocycles. The number of hydrogen-bond acceptors (Lipinski definition) is 4. The second-order valence-electron chi connectivity index (χ2n) is 2.81. The highest BCUT2D eigenvalue weighted by Gasteiger charge is 2.03. The lowest BCUT2D eigenvalue weighted by Crippen LogP contribution is -2.27. The number of nitrogens with two attached hydrogens (primary N) is 1. The molecule has 0 unspecified atom stereocenters. The number of nitrogens with one attached hydrogen (secondary N) is 1. The Bertz CT molecular complexity index is 308. The summed E-state index contributed by atoms with van der Waals surface area (Å²) < 4.78 is 0. The Hall–Kier alpha value is -0.940. The summed E-state index contributed by atoms with van der Waals surface area (Å²) in [5.41, 5.74) is 6.01. The normalized spacial score (nSPS) is 10.3. The Morgan fingerprint density at radius 3 is 2.77 bits per heavy atom. The van der Waals surface area contributed by atoms with E-state index < -0.39 is 0 Å². The van der Waals surface area contributed by atoms with Crippen LogP contribution in [0.5, 0.6) is 0 Å². The first-order valence-corrected chi connectivity index (χ1v) is 4.83. The van der Waals surface area contributed by atoms with Gasteiger partial charge in [0.2, 0.25) is 5.91 Å². The van der Waals surface area contributed by atoms with Gasteiger partial charge in [-0.1, -0.05) is 0 Å². The molecule has 0 aliphatic carbocycles. The molecule has 1 amide bonds. The van der Waals surface area contributed by atoms with Crippen LogP contribution in [0, 0.1) is 13.8 Å². The third-order valence-electron chi connectivity index (χ3n) is 1.58. The molecule has 3 N–H and O–H groups in total. The summed E-state index contributed by atoms with van der Waals surface area (Å²) in [4.78, 5) is 15.9. The minimum Gasteiger partial charge on any atom is -0.369 e. The molecular formula is C8H13N3OS. The average Bonchev–Trinajstić information content (AvgIpc) is 2.29. The summed E-state index contributed by atoms with van der Waals surface area (Å²) >= 11 is 1.64. The van der Waals surface area contributed by atoms with Crippen molar-refractivity contribution in [1.82, 2.24) is 10.3 Å². The standard InChI is InChI=1S/C8H13N3OS/c1-5-7(13-6(2)11-5)3-10-4-8(9)12/h10H,3-4H2,1-2H3,(H2,9,12). The van der Waals surface area contributed by atoms with Crippen molar-refractivity contribution in [3.63, 3.8) is 0 Å². The number of carbonyl (C=O) groups excluding carboxylic acids is 1. The Balaban J connectivity index is 2.45. The number of nitrogens with zero attached hydrogens (tertiary/aromatic N) is 1. The van der Waals surface area contributed by atoms with Crippen LogP contribution in [0.25, 0.3) is 0 Å². The number of rotatable bonds is 4. The molecule has 0 saturated heterocycles. The van der Waals surface area contributed by atoms with Crippen molar-refractivity contribution in [2.24, 2.45) is 5.73 Å². The fourth-order valence-corrected chi connectivity index (χ4v) is 1.94. The Morgan fingerprint density at radius 1 is 1.62 bits per heavy atom. The maximum absolute atomic E-state index is 10.4. The Morgan fingerprint density at radius 2 is 2.31 bits per heavy atom. The monoisotopic (exact) mass is 199 g/mol. The number of aromatic nitrogens is 1. The quantitative estimate of drug-likeness (QED) is 0.734. The molecule has 5 heteroatoms. The van der Waals surface area contributed by atoms with Gasteiger partial charge >= 0.3 is 0 Å². The summed E-state index contributed by atoms with van der Waals surface area (Å²) in [5, 5.41) is 4.00. The fourth-order valence-electron chi connectivity index (χ4n) is 1.04. The smallest absolute Gasteiger partial charge is 0.231 e. The van der Waals surface area contributed by atoms with Gasteiger partial charge in [-0.3, -0.25) is 4.79 Å². The maximum atomic E-state index is 10.4. The van der Waals surface area contributed by atoms with Gasteiger partial charge in [-0.25, -0.2) is 4.98 Å². The number of primary amides is 1. The van der Waals surface area contributed by atoms with Crippen LogP contribution in [0.1, 0.15) is 15.6 Å². The van der Waals surface area contributed by atoms with Gasteiger partial charge in [-0.05, 0) is 13.8 Å². The number of thiazole rings is 1. The highest BCUT2D eigenvalue weighted by molar-refractivity contribution is 7.11. The van der Waals surface area contributed by atoms with Crippen LogP contribution >= 0.6 is 11.3 Å². The van der Waals surface area contributed by atoms with Crippen molar-refractivity contribution in [2.75, 3.05) is 6.54 Å². The van der Waals surface area contributed by atoms with E-state index in [9.17, 15) is 4.79 Å². The highest BCUT2D eigenvalue weighted by atomic mass is 32.1. The van der Waals surface area contributed by atoms with E-state index in [0.29, 0.717) is 6.54 Å². The predicted octanol–water partition coefficient (Wildman–Crippen LogP) is 0.335. The minimum absolute atomic E-state index is 0.219. The molecule has 0 radical (unpaired) electrons. The predicted molar refractivity (Wildman–Crippen MR) is 52.5 cm³/mol. The number of aryl methyl sites for hydroxylation is 2. The van der Waals surface area contributed by atoms with Crippen molar-refractivity contribution in [1.29, 1.82) is 0 Å². The lowest BCUT2D eigenvalue weighted by atomic mass is 10.4. The third kappa shape index (κ3) is 3.12.